The first-order valence-corrected chi connectivity index (χ1v) is 7.18. The molecule has 0 radical (unpaired) electrons. The number of nitrogens with zero attached hydrogens (tertiary/aromatic N) is 3. The van der Waals surface area contributed by atoms with Gasteiger partial charge in [0.15, 0.2) is 0 Å². The minimum atomic E-state index is -1.02. The average Bonchev–Trinajstić information content (AvgIpc) is 2.48. The molecule has 0 aliphatic carbocycles. The number of nitriles is 1. The lowest BCUT2D eigenvalue weighted by Gasteiger charge is -2.43. The van der Waals surface area contributed by atoms with Crippen LogP contribution in [0, 0.1) is 28.4 Å². The van der Waals surface area contributed by atoms with E-state index in [0.29, 0.717) is 37.2 Å². The van der Waals surface area contributed by atoms with Crippen molar-refractivity contribution in [3.05, 3.63) is 38.9 Å². The summed E-state index contributed by atoms with van der Waals surface area (Å²) in [5, 5.41) is 32.8. The summed E-state index contributed by atoms with van der Waals surface area (Å²) < 4.78 is 0. The lowest BCUT2D eigenvalue weighted by molar-refractivity contribution is -0.385. The maximum Gasteiger partial charge on any atom is 0.407 e. The molecule has 1 heterocycles. The van der Waals surface area contributed by atoms with E-state index in [9.17, 15) is 20.0 Å². The number of carbonyl (C=O) groups is 1. The maximum atomic E-state index is 11.5. The molecule has 2 rings (SSSR count). The number of rotatable bonds is 3. The maximum absolute atomic E-state index is 11.5. The molecule has 8 nitrogen and oxygen atoms in total. The molecular weight excluding hydrogens is 300 g/mol. The highest BCUT2D eigenvalue weighted by atomic mass is 16.6. The molecule has 1 fully saturated rings. The van der Waals surface area contributed by atoms with Crippen LogP contribution in [0.4, 0.5) is 10.5 Å². The molecule has 1 aliphatic heterocycles. The fourth-order valence-corrected chi connectivity index (χ4v) is 3.00. The summed E-state index contributed by atoms with van der Waals surface area (Å²) >= 11 is 0. The molecule has 0 aromatic heterocycles. The fourth-order valence-electron chi connectivity index (χ4n) is 3.00. The number of nitrogens with one attached hydrogen (secondary N) is 1. The van der Waals surface area contributed by atoms with Crippen LogP contribution in [0.5, 0.6) is 0 Å². The number of benzene rings is 1. The summed E-state index contributed by atoms with van der Waals surface area (Å²) in [5.41, 5.74) is 0.440. The summed E-state index contributed by atoms with van der Waals surface area (Å²) in [7, 11) is 0. The predicted molar refractivity (Wildman–Crippen MR) is 82.3 cm³/mol. The number of piperazine rings is 1. The van der Waals surface area contributed by atoms with Crippen LogP contribution < -0.4 is 5.32 Å². The Bertz CT molecular complexity index is 697. The molecule has 122 valence electrons. The molecule has 1 unspecified atom stereocenters. The fraction of sp³-hybridized carbons (Fsp3) is 0.467. The van der Waals surface area contributed by atoms with Crippen LogP contribution in [0.2, 0.25) is 0 Å². The molecule has 1 saturated heterocycles. The normalized spacial score (nSPS) is 20.8. The molecular formula is C15H18N4O4. The third-order valence-corrected chi connectivity index (χ3v) is 4.29. The Labute approximate surface area is 133 Å². The zero-order valence-corrected chi connectivity index (χ0v) is 13.0. The molecule has 0 spiro atoms. The van der Waals surface area contributed by atoms with Crippen LogP contribution in [-0.2, 0) is 6.42 Å². The molecule has 8 heteroatoms. The van der Waals surface area contributed by atoms with Crippen LogP contribution in [0.15, 0.2) is 12.1 Å². The van der Waals surface area contributed by atoms with E-state index in [1.165, 1.54) is 11.0 Å². The van der Waals surface area contributed by atoms with Crippen LogP contribution in [0.3, 0.4) is 0 Å². The number of nitro groups is 1. The second-order valence-electron chi connectivity index (χ2n) is 5.93. The van der Waals surface area contributed by atoms with E-state index in [4.69, 9.17) is 5.26 Å². The summed E-state index contributed by atoms with van der Waals surface area (Å²) in [6, 6.07) is 4.77. The summed E-state index contributed by atoms with van der Waals surface area (Å²) in [6.45, 7) is 4.80. The number of hydrogen-bond donors (Lipinski definition) is 2. The van der Waals surface area contributed by atoms with E-state index in [-0.39, 0.29) is 11.3 Å². The van der Waals surface area contributed by atoms with E-state index < -0.39 is 16.6 Å². The van der Waals surface area contributed by atoms with Crippen molar-refractivity contribution >= 4 is 11.8 Å². The summed E-state index contributed by atoms with van der Waals surface area (Å²) in [4.78, 5) is 23.5. The Morgan fingerprint density at radius 2 is 2.30 bits per heavy atom. The minimum Gasteiger partial charge on any atom is -0.465 e. The van der Waals surface area contributed by atoms with Crippen molar-refractivity contribution in [1.29, 1.82) is 5.26 Å². The standard InChI is InChI=1S/C15H18N4O4/c1-10-12(5-11(8-16)6-13(10)19(22)23)7-15(2)9-17-3-4-18(15)14(20)21/h5-6,17H,3-4,7,9H2,1-2H3,(H,20,21). The molecule has 1 aromatic rings. The van der Waals surface area contributed by atoms with Gasteiger partial charge in [0, 0.05) is 31.3 Å². The van der Waals surface area contributed by atoms with Gasteiger partial charge in [0.2, 0.25) is 0 Å². The Morgan fingerprint density at radius 1 is 1.61 bits per heavy atom. The van der Waals surface area contributed by atoms with E-state index >= 15 is 0 Å². The molecule has 1 atom stereocenters. The van der Waals surface area contributed by atoms with Gasteiger partial charge in [-0.2, -0.15) is 5.26 Å². The summed E-state index contributed by atoms with van der Waals surface area (Å²) in [6.07, 6.45) is -0.716. The average molecular weight is 318 g/mol. The van der Waals surface area contributed by atoms with Crippen molar-refractivity contribution in [3.8, 4) is 6.07 Å². The highest BCUT2D eigenvalue weighted by Gasteiger charge is 2.38. The van der Waals surface area contributed by atoms with Crippen LogP contribution in [0.1, 0.15) is 23.6 Å². The zero-order chi connectivity index (χ0) is 17.2. The molecule has 0 saturated carbocycles. The molecule has 2 N–H and O–H groups in total. The molecule has 1 aliphatic rings. The predicted octanol–water partition coefficient (Wildman–Crippen LogP) is 1.66. The van der Waals surface area contributed by atoms with Crippen molar-refractivity contribution in [2.75, 3.05) is 19.6 Å². The van der Waals surface area contributed by atoms with Crippen molar-refractivity contribution < 1.29 is 14.8 Å². The van der Waals surface area contributed by atoms with E-state index in [0.717, 1.165) is 0 Å². The second-order valence-corrected chi connectivity index (χ2v) is 5.93. The number of hydrogen-bond acceptors (Lipinski definition) is 5. The Balaban J connectivity index is 2.46. The third-order valence-electron chi connectivity index (χ3n) is 4.29. The SMILES string of the molecule is Cc1c(CC2(C)CNCCN2C(=O)O)cc(C#N)cc1[N+](=O)[O-]. The lowest BCUT2D eigenvalue weighted by atomic mass is 9.86. The van der Waals surface area contributed by atoms with Gasteiger partial charge >= 0.3 is 6.09 Å². The van der Waals surface area contributed by atoms with Gasteiger partial charge < -0.3 is 15.3 Å². The summed E-state index contributed by atoms with van der Waals surface area (Å²) in [5.74, 6) is 0. The monoisotopic (exact) mass is 318 g/mol. The van der Waals surface area contributed by atoms with Crippen LogP contribution in [-0.4, -0.2) is 46.2 Å². The van der Waals surface area contributed by atoms with Crippen molar-refractivity contribution in [2.45, 2.75) is 25.8 Å². The van der Waals surface area contributed by atoms with Gasteiger partial charge in [0.05, 0.1) is 22.1 Å². The number of nitro benzene ring substituents is 1. The highest BCUT2D eigenvalue weighted by molar-refractivity contribution is 5.66. The van der Waals surface area contributed by atoms with Crippen molar-refractivity contribution in [1.82, 2.24) is 10.2 Å². The Hall–Kier alpha value is -2.66. The van der Waals surface area contributed by atoms with Crippen LogP contribution >= 0.6 is 0 Å². The van der Waals surface area contributed by atoms with E-state index in [1.54, 1.807) is 19.9 Å². The van der Waals surface area contributed by atoms with Crippen LogP contribution in [0.25, 0.3) is 0 Å². The van der Waals surface area contributed by atoms with Gasteiger partial charge in [0.25, 0.3) is 5.69 Å². The van der Waals surface area contributed by atoms with Gasteiger partial charge in [-0.1, -0.05) is 0 Å². The first-order chi connectivity index (χ1) is 10.8. The van der Waals surface area contributed by atoms with Gasteiger partial charge in [-0.3, -0.25) is 10.1 Å². The second kappa shape index (κ2) is 6.22. The topological polar surface area (TPSA) is 120 Å². The Kier molecular flexibility index (Phi) is 4.52. The Morgan fingerprint density at radius 3 is 2.87 bits per heavy atom. The largest absolute Gasteiger partial charge is 0.465 e. The molecule has 23 heavy (non-hydrogen) atoms. The lowest BCUT2D eigenvalue weighted by Crippen LogP contribution is -2.62. The zero-order valence-electron chi connectivity index (χ0n) is 13.0. The number of carboxylic acid groups (broad SMARTS) is 1. The molecule has 1 amide bonds. The van der Waals surface area contributed by atoms with Gasteiger partial charge in [-0.05, 0) is 31.9 Å². The minimum absolute atomic E-state index is 0.117. The highest BCUT2D eigenvalue weighted by Crippen LogP contribution is 2.29. The third kappa shape index (κ3) is 3.24. The van der Waals surface area contributed by atoms with E-state index in [2.05, 4.69) is 5.32 Å². The first-order valence-electron chi connectivity index (χ1n) is 7.18. The number of amides is 1. The molecule has 0 bridgehead atoms. The van der Waals surface area contributed by atoms with Crippen molar-refractivity contribution in [3.63, 3.8) is 0 Å². The van der Waals surface area contributed by atoms with Gasteiger partial charge in [-0.15, -0.1) is 0 Å². The van der Waals surface area contributed by atoms with Crippen molar-refractivity contribution in [2.24, 2.45) is 0 Å². The smallest absolute Gasteiger partial charge is 0.407 e. The van der Waals surface area contributed by atoms with Gasteiger partial charge in [-0.25, -0.2) is 4.79 Å². The molecule has 1 aromatic carbocycles. The quantitative estimate of drug-likeness (QED) is 0.646. The van der Waals surface area contributed by atoms with Gasteiger partial charge in [0.1, 0.15) is 0 Å². The first kappa shape index (κ1) is 16.7. The van der Waals surface area contributed by atoms with E-state index in [1.807, 2.05) is 6.07 Å².